The molecule has 0 spiro atoms. The van der Waals surface area contributed by atoms with Crippen molar-refractivity contribution in [3.05, 3.63) is 52.7 Å². The molecule has 3 nitrogen and oxygen atoms in total. The van der Waals surface area contributed by atoms with Gasteiger partial charge in [0.05, 0.1) is 6.04 Å². The number of hydrogen-bond donors (Lipinski definition) is 1. The van der Waals surface area contributed by atoms with Gasteiger partial charge in [-0.2, -0.15) is 0 Å². The van der Waals surface area contributed by atoms with E-state index < -0.39 is 0 Å². The van der Waals surface area contributed by atoms with Crippen LogP contribution >= 0.6 is 11.6 Å². The zero-order valence-corrected chi connectivity index (χ0v) is 10.9. The van der Waals surface area contributed by atoms with Gasteiger partial charge in [0.1, 0.15) is 5.82 Å². The van der Waals surface area contributed by atoms with Gasteiger partial charge in [-0.3, -0.25) is 0 Å². The normalized spacial score (nSPS) is 12.2. The van der Waals surface area contributed by atoms with E-state index in [9.17, 15) is 4.39 Å². The fourth-order valence-corrected chi connectivity index (χ4v) is 1.74. The summed E-state index contributed by atoms with van der Waals surface area (Å²) in [6.07, 6.45) is 3.07. The van der Waals surface area contributed by atoms with Crippen molar-refractivity contribution >= 4 is 17.4 Å². The van der Waals surface area contributed by atoms with Crippen LogP contribution < -0.4 is 5.32 Å². The first-order valence-corrected chi connectivity index (χ1v) is 5.95. The fourth-order valence-electron chi connectivity index (χ4n) is 1.58. The van der Waals surface area contributed by atoms with Gasteiger partial charge >= 0.3 is 0 Å². The molecule has 1 aromatic carbocycles. The van der Waals surface area contributed by atoms with Crippen LogP contribution in [0.5, 0.6) is 0 Å². The van der Waals surface area contributed by atoms with Gasteiger partial charge in [0.15, 0.2) is 11.0 Å². The van der Waals surface area contributed by atoms with Crippen LogP contribution in [0.1, 0.15) is 24.1 Å². The van der Waals surface area contributed by atoms with Gasteiger partial charge in [-0.1, -0.05) is 23.7 Å². The molecule has 2 rings (SSSR count). The zero-order chi connectivity index (χ0) is 13.1. The molecular weight excluding hydrogens is 253 g/mol. The summed E-state index contributed by atoms with van der Waals surface area (Å²) in [5, 5.41) is 3.40. The Labute approximate surface area is 110 Å². The maximum absolute atomic E-state index is 13.5. The summed E-state index contributed by atoms with van der Waals surface area (Å²) >= 11 is 5.90. The lowest BCUT2D eigenvalue weighted by molar-refractivity contribution is 0.614. The number of anilines is 1. The maximum Gasteiger partial charge on any atom is 0.171 e. The number of hydrogen-bond acceptors (Lipinski definition) is 3. The summed E-state index contributed by atoms with van der Waals surface area (Å²) in [6.45, 7) is 3.64. The third-order valence-corrected chi connectivity index (χ3v) is 2.98. The average Bonchev–Trinajstić information content (AvgIpc) is 2.35. The Morgan fingerprint density at radius 1 is 1.28 bits per heavy atom. The Hall–Kier alpha value is -1.68. The van der Waals surface area contributed by atoms with Crippen molar-refractivity contribution in [1.29, 1.82) is 0 Å². The number of nitrogens with one attached hydrogen (secondary N) is 1. The predicted octanol–water partition coefficient (Wildman–Crippen LogP) is 3.75. The van der Waals surface area contributed by atoms with Gasteiger partial charge in [0.2, 0.25) is 0 Å². The minimum Gasteiger partial charge on any atom is -0.361 e. The van der Waals surface area contributed by atoms with Gasteiger partial charge in [-0.25, -0.2) is 14.4 Å². The second-order valence-corrected chi connectivity index (χ2v) is 4.43. The third kappa shape index (κ3) is 2.76. The number of aryl methyl sites for hydroxylation is 1. The highest BCUT2D eigenvalue weighted by Gasteiger charge is 2.10. The van der Waals surface area contributed by atoms with Crippen LogP contribution in [0.4, 0.5) is 10.2 Å². The van der Waals surface area contributed by atoms with Gasteiger partial charge in [0.25, 0.3) is 0 Å². The zero-order valence-electron chi connectivity index (χ0n) is 10.1. The molecule has 0 fully saturated rings. The van der Waals surface area contributed by atoms with E-state index in [1.54, 1.807) is 19.2 Å². The molecule has 18 heavy (non-hydrogen) atoms. The van der Waals surface area contributed by atoms with Crippen molar-refractivity contribution in [3.8, 4) is 0 Å². The molecule has 1 aromatic heterocycles. The molecule has 0 amide bonds. The molecule has 5 heteroatoms. The van der Waals surface area contributed by atoms with E-state index in [4.69, 9.17) is 11.6 Å². The van der Waals surface area contributed by atoms with Crippen LogP contribution in [-0.4, -0.2) is 9.97 Å². The molecule has 0 saturated carbocycles. The SMILES string of the molecule is Cc1ccc(C(C)Nc2nccnc2Cl)cc1F. The molecule has 1 unspecified atom stereocenters. The second kappa shape index (κ2) is 5.31. The first kappa shape index (κ1) is 12.8. The lowest BCUT2D eigenvalue weighted by Gasteiger charge is -2.15. The lowest BCUT2D eigenvalue weighted by atomic mass is 10.1. The highest BCUT2D eigenvalue weighted by atomic mass is 35.5. The highest BCUT2D eigenvalue weighted by molar-refractivity contribution is 6.31. The van der Waals surface area contributed by atoms with Crippen molar-refractivity contribution in [1.82, 2.24) is 9.97 Å². The van der Waals surface area contributed by atoms with Crippen LogP contribution in [0, 0.1) is 12.7 Å². The molecule has 0 radical (unpaired) electrons. The molecule has 1 atom stereocenters. The van der Waals surface area contributed by atoms with Crippen molar-refractivity contribution in [2.75, 3.05) is 5.32 Å². The van der Waals surface area contributed by atoms with E-state index in [0.717, 1.165) is 5.56 Å². The number of aromatic nitrogens is 2. The fraction of sp³-hybridized carbons (Fsp3) is 0.231. The smallest absolute Gasteiger partial charge is 0.171 e. The molecule has 94 valence electrons. The van der Waals surface area contributed by atoms with Crippen LogP contribution in [-0.2, 0) is 0 Å². The van der Waals surface area contributed by atoms with E-state index in [1.165, 1.54) is 12.3 Å². The molecule has 0 aliphatic carbocycles. The first-order chi connectivity index (χ1) is 8.58. The molecule has 0 aliphatic rings. The topological polar surface area (TPSA) is 37.8 Å². The van der Waals surface area contributed by atoms with Crippen molar-refractivity contribution in [3.63, 3.8) is 0 Å². The molecule has 0 bridgehead atoms. The van der Waals surface area contributed by atoms with E-state index in [0.29, 0.717) is 16.5 Å². The Balaban J connectivity index is 2.19. The van der Waals surface area contributed by atoms with Crippen LogP contribution in [0.15, 0.2) is 30.6 Å². The Kier molecular flexibility index (Phi) is 3.77. The number of benzene rings is 1. The number of rotatable bonds is 3. The Morgan fingerprint density at radius 3 is 2.67 bits per heavy atom. The average molecular weight is 266 g/mol. The minimum atomic E-state index is -0.216. The van der Waals surface area contributed by atoms with Gasteiger partial charge in [-0.15, -0.1) is 0 Å². The first-order valence-electron chi connectivity index (χ1n) is 5.57. The van der Waals surface area contributed by atoms with Gasteiger partial charge < -0.3 is 5.32 Å². The van der Waals surface area contributed by atoms with E-state index >= 15 is 0 Å². The third-order valence-electron chi connectivity index (χ3n) is 2.70. The van der Waals surface area contributed by atoms with Crippen LogP contribution in [0.25, 0.3) is 0 Å². The minimum absolute atomic E-state index is 0.103. The largest absolute Gasteiger partial charge is 0.361 e. The maximum atomic E-state index is 13.5. The monoisotopic (exact) mass is 265 g/mol. The van der Waals surface area contributed by atoms with Crippen molar-refractivity contribution in [2.45, 2.75) is 19.9 Å². The van der Waals surface area contributed by atoms with Gasteiger partial charge in [-0.05, 0) is 31.0 Å². The van der Waals surface area contributed by atoms with Crippen LogP contribution in [0.3, 0.4) is 0 Å². The summed E-state index contributed by atoms with van der Waals surface area (Å²) in [5.74, 6) is 0.277. The number of halogens is 2. The molecule has 1 N–H and O–H groups in total. The van der Waals surface area contributed by atoms with Crippen molar-refractivity contribution in [2.24, 2.45) is 0 Å². The van der Waals surface area contributed by atoms with Gasteiger partial charge in [0, 0.05) is 12.4 Å². The molecule has 0 aliphatic heterocycles. The summed E-state index contributed by atoms with van der Waals surface area (Å²) < 4.78 is 13.5. The molecule has 2 aromatic rings. The summed E-state index contributed by atoms with van der Waals surface area (Å²) in [7, 11) is 0. The molecule has 0 saturated heterocycles. The quantitative estimate of drug-likeness (QED) is 0.918. The van der Waals surface area contributed by atoms with Crippen LogP contribution in [0.2, 0.25) is 5.15 Å². The molecule has 1 heterocycles. The van der Waals surface area contributed by atoms with E-state index in [2.05, 4.69) is 15.3 Å². The van der Waals surface area contributed by atoms with E-state index in [-0.39, 0.29) is 11.9 Å². The lowest BCUT2D eigenvalue weighted by Crippen LogP contribution is -2.09. The highest BCUT2D eigenvalue weighted by Crippen LogP contribution is 2.23. The summed E-state index contributed by atoms with van der Waals surface area (Å²) in [6, 6.07) is 5.04. The summed E-state index contributed by atoms with van der Waals surface area (Å²) in [5.41, 5.74) is 1.46. The number of nitrogens with zero attached hydrogens (tertiary/aromatic N) is 2. The summed E-state index contributed by atoms with van der Waals surface area (Å²) in [4.78, 5) is 8.01. The molecular formula is C13H13ClFN3. The van der Waals surface area contributed by atoms with E-state index in [1.807, 2.05) is 13.0 Å². The standard InChI is InChI=1S/C13H13ClFN3/c1-8-3-4-10(7-11(8)15)9(2)18-13-12(14)16-5-6-17-13/h3-7,9H,1-2H3,(H,17,18). The Bertz CT molecular complexity index is 560. The predicted molar refractivity (Wildman–Crippen MR) is 70.2 cm³/mol. The Morgan fingerprint density at radius 2 is 2.00 bits per heavy atom. The second-order valence-electron chi connectivity index (χ2n) is 4.07. The van der Waals surface area contributed by atoms with Crippen molar-refractivity contribution < 1.29 is 4.39 Å².